The molecule has 68 valence electrons. The molecule has 0 aromatic carbocycles. The van der Waals surface area contributed by atoms with E-state index in [4.69, 9.17) is 45.0 Å². The van der Waals surface area contributed by atoms with E-state index in [1.807, 2.05) is 0 Å². The van der Waals surface area contributed by atoms with Crippen LogP contribution in [0.15, 0.2) is 0 Å². The molecule has 0 bridgehead atoms. The summed E-state index contributed by atoms with van der Waals surface area (Å²) in [5.41, 5.74) is 0. The molecule has 0 aliphatic rings. The first-order valence-electron chi connectivity index (χ1n) is 2.68. The Hall–Kier alpha value is 0.300. The normalized spacial score (nSPS) is 11.8. The number of halogens is 3. The van der Waals surface area contributed by atoms with Gasteiger partial charge in [-0.2, -0.15) is 0 Å². The molecule has 0 aromatic rings. The fraction of sp³-hybridized carbons (Fsp3) is 0.800. The lowest BCUT2D eigenvalue weighted by atomic mass is 10.3. The summed E-state index contributed by atoms with van der Waals surface area (Å²) >= 11 is 14.4. The Balaban J connectivity index is 0. The quantitative estimate of drug-likeness (QED) is 0.702. The van der Waals surface area contributed by atoms with Crippen LogP contribution in [0.3, 0.4) is 0 Å². The maximum absolute atomic E-state index is 9.65. The summed E-state index contributed by atoms with van der Waals surface area (Å²) in [5, 5.41) is 16.3. The van der Waals surface area contributed by atoms with Crippen molar-refractivity contribution >= 4 is 40.8 Å². The van der Waals surface area contributed by atoms with Crippen molar-refractivity contribution in [1.29, 1.82) is 0 Å². The SMILES string of the molecule is CC(O)CC(=O)O.ClC(Cl)Cl. The van der Waals surface area contributed by atoms with Gasteiger partial charge in [0.15, 0.2) is 4.30 Å². The lowest BCUT2D eigenvalue weighted by Crippen LogP contribution is -2.07. The topological polar surface area (TPSA) is 57.5 Å². The third-order valence-corrected chi connectivity index (χ3v) is 0.470. The lowest BCUT2D eigenvalue weighted by Gasteiger charge is -1.94. The first-order chi connectivity index (χ1) is 4.86. The summed E-state index contributed by atoms with van der Waals surface area (Å²) in [6.07, 6.45) is -0.891. The highest BCUT2D eigenvalue weighted by Gasteiger charge is 2.00. The molecule has 0 aliphatic carbocycles. The van der Waals surface area contributed by atoms with Crippen LogP contribution in [0.4, 0.5) is 0 Å². The number of carboxylic acids is 1. The number of carboxylic acid groups (broad SMARTS) is 1. The molecule has 1 unspecified atom stereocenters. The fourth-order valence-corrected chi connectivity index (χ4v) is 0.253. The summed E-state index contributed by atoms with van der Waals surface area (Å²) in [6.45, 7) is 1.44. The van der Waals surface area contributed by atoms with Crippen molar-refractivity contribution in [2.24, 2.45) is 0 Å². The summed E-state index contributed by atoms with van der Waals surface area (Å²) in [7, 11) is 0. The number of rotatable bonds is 2. The van der Waals surface area contributed by atoms with E-state index in [0.29, 0.717) is 0 Å². The number of aliphatic hydroxyl groups excluding tert-OH is 1. The molecular formula is C5H9Cl3O3. The van der Waals surface area contributed by atoms with Crippen LogP contribution in [0.5, 0.6) is 0 Å². The van der Waals surface area contributed by atoms with E-state index in [1.165, 1.54) is 6.92 Å². The third kappa shape index (κ3) is 38.4. The van der Waals surface area contributed by atoms with E-state index in [9.17, 15) is 4.79 Å². The molecule has 0 amide bonds. The molecule has 0 aromatic heterocycles. The highest BCUT2D eigenvalue weighted by molar-refractivity contribution is 6.63. The van der Waals surface area contributed by atoms with Gasteiger partial charge in [0.05, 0.1) is 12.5 Å². The predicted molar refractivity (Wildman–Crippen MR) is 45.3 cm³/mol. The first kappa shape index (κ1) is 13.9. The second kappa shape index (κ2) is 8.40. The van der Waals surface area contributed by atoms with E-state index >= 15 is 0 Å². The molecule has 1 atom stereocenters. The average molecular weight is 223 g/mol. The smallest absolute Gasteiger partial charge is 0.305 e. The zero-order valence-corrected chi connectivity index (χ0v) is 8.07. The molecule has 0 radical (unpaired) electrons. The molecule has 3 nitrogen and oxygen atoms in total. The molecule has 11 heavy (non-hydrogen) atoms. The lowest BCUT2D eigenvalue weighted by molar-refractivity contribution is -0.138. The van der Waals surface area contributed by atoms with E-state index < -0.39 is 16.4 Å². The van der Waals surface area contributed by atoms with Crippen LogP contribution in [0.1, 0.15) is 13.3 Å². The Morgan fingerprint density at radius 1 is 1.45 bits per heavy atom. The molecule has 0 aliphatic heterocycles. The standard InChI is InChI=1S/C4H8O3.CHCl3/c1-3(5)2-4(6)7;2-1(3)4/h3,5H,2H2,1H3,(H,6,7);1H. The van der Waals surface area contributed by atoms with Crippen LogP contribution in [-0.4, -0.2) is 26.6 Å². The molecule has 0 saturated carbocycles. The Bertz CT molecular complexity index is 102. The van der Waals surface area contributed by atoms with Crippen LogP contribution in [-0.2, 0) is 4.79 Å². The fourth-order valence-electron chi connectivity index (χ4n) is 0.253. The van der Waals surface area contributed by atoms with Crippen molar-refractivity contribution < 1.29 is 15.0 Å². The van der Waals surface area contributed by atoms with Gasteiger partial charge in [-0.25, -0.2) is 0 Å². The van der Waals surface area contributed by atoms with Gasteiger partial charge in [0.2, 0.25) is 0 Å². The van der Waals surface area contributed by atoms with Gasteiger partial charge in [-0.3, -0.25) is 4.79 Å². The summed E-state index contributed by atoms with van der Waals surface area (Å²) in [6, 6.07) is 0. The number of carbonyl (C=O) groups is 1. The zero-order chi connectivity index (χ0) is 9.44. The van der Waals surface area contributed by atoms with Crippen molar-refractivity contribution in [3.05, 3.63) is 0 Å². The Kier molecular flexibility index (Phi) is 10.6. The van der Waals surface area contributed by atoms with Crippen LogP contribution < -0.4 is 0 Å². The monoisotopic (exact) mass is 222 g/mol. The van der Waals surface area contributed by atoms with Crippen LogP contribution in [0, 0.1) is 0 Å². The van der Waals surface area contributed by atoms with E-state index in [0.717, 1.165) is 0 Å². The Morgan fingerprint density at radius 3 is 1.73 bits per heavy atom. The highest BCUT2D eigenvalue weighted by atomic mass is 35.6. The average Bonchev–Trinajstić information content (AvgIpc) is 1.56. The van der Waals surface area contributed by atoms with Crippen LogP contribution >= 0.6 is 34.8 Å². The first-order valence-corrected chi connectivity index (χ1v) is 3.99. The maximum Gasteiger partial charge on any atom is 0.305 e. The summed E-state index contributed by atoms with van der Waals surface area (Å²) in [5.74, 6) is -0.963. The minimum atomic E-state index is -0.963. The predicted octanol–water partition coefficient (Wildman–Crippen LogP) is 1.83. The van der Waals surface area contributed by atoms with E-state index in [-0.39, 0.29) is 6.42 Å². The van der Waals surface area contributed by atoms with E-state index in [1.54, 1.807) is 0 Å². The summed E-state index contributed by atoms with van der Waals surface area (Å²) in [4.78, 5) is 9.65. The number of hydrogen-bond acceptors (Lipinski definition) is 2. The van der Waals surface area contributed by atoms with Crippen LogP contribution in [0.2, 0.25) is 0 Å². The van der Waals surface area contributed by atoms with Crippen molar-refractivity contribution in [2.45, 2.75) is 23.7 Å². The number of alkyl halides is 3. The van der Waals surface area contributed by atoms with Gasteiger partial charge in [-0.1, -0.05) is 34.8 Å². The molecule has 0 rings (SSSR count). The van der Waals surface area contributed by atoms with Crippen LogP contribution in [0.25, 0.3) is 0 Å². The van der Waals surface area contributed by atoms with Gasteiger partial charge in [0.25, 0.3) is 0 Å². The second-order valence-electron chi connectivity index (χ2n) is 1.69. The van der Waals surface area contributed by atoms with Crippen molar-refractivity contribution in [2.75, 3.05) is 0 Å². The molecule has 6 heteroatoms. The van der Waals surface area contributed by atoms with Gasteiger partial charge >= 0.3 is 5.97 Å². The van der Waals surface area contributed by atoms with Crippen molar-refractivity contribution in [3.8, 4) is 0 Å². The number of hydrogen-bond donors (Lipinski definition) is 2. The van der Waals surface area contributed by atoms with Gasteiger partial charge in [-0.05, 0) is 6.92 Å². The van der Waals surface area contributed by atoms with Gasteiger partial charge < -0.3 is 10.2 Å². The largest absolute Gasteiger partial charge is 0.481 e. The van der Waals surface area contributed by atoms with Gasteiger partial charge in [-0.15, -0.1) is 0 Å². The minimum Gasteiger partial charge on any atom is -0.481 e. The van der Waals surface area contributed by atoms with Gasteiger partial charge in [0.1, 0.15) is 0 Å². The Labute approximate surface area is 79.9 Å². The van der Waals surface area contributed by atoms with Crippen molar-refractivity contribution in [1.82, 2.24) is 0 Å². The molecule has 0 heterocycles. The summed E-state index contributed by atoms with van der Waals surface area (Å²) < 4.78 is -0.750. The third-order valence-electron chi connectivity index (χ3n) is 0.470. The minimum absolute atomic E-state index is 0.167. The zero-order valence-electron chi connectivity index (χ0n) is 5.80. The number of aliphatic carboxylic acids is 1. The van der Waals surface area contributed by atoms with E-state index in [2.05, 4.69) is 0 Å². The molecule has 0 fully saturated rings. The molecule has 0 saturated heterocycles. The van der Waals surface area contributed by atoms with Crippen molar-refractivity contribution in [3.63, 3.8) is 0 Å². The molecule has 0 spiro atoms. The Morgan fingerprint density at radius 2 is 1.73 bits per heavy atom. The second-order valence-corrected chi connectivity index (χ2v) is 3.67. The molecule has 2 N–H and O–H groups in total. The number of aliphatic hydroxyl groups is 1. The molecular weight excluding hydrogens is 214 g/mol. The highest BCUT2D eigenvalue weighted by Crippen LogP contribution is 2.03. The maximum atomic E-state index is 9.65. The van der Waals surface area contributed by atoms with Gasteiger partial charge in [0, 0.05) is 0 Å².